The van der Waals surface area contributed by atoms with E-state index in [2.05, 4.69) is 6.92 Å². The van der Waals surface area contributed by atoms with Crippen LogP contribution in [0.25, 0.3) is 0 Å². The van der Waals surface area contributed by atoms with Gasteiger partial charge in [0.2, 0.25) is 0 Å². The van der Waals surface area contributed by atoms with Crippen LogP contribution in [0, 0.1) is 0 Å². The van der Waals surface area contributed by atoms with E-state index in [1.165, 1.54) is 81.3 Å². The molecule has 0 aromatic heterocycles. The van der Waals surface area contributed by atoms with E-state index in [1.807, 2.05) is 0 Å². The molecule has 0 aliphatic rings. The predicted octanol–water partition coefficient (Wildman–Crippen LogP) is 6.44. The van der Waals surface area contributed by atoms with E-state index in [-0.39, 0.29) is 21.3 Å². The van der Waals surface area contributed by atoms with Crippen LogP contribution in [0.4, 0.5) is 0 Å². The monoisotopic (exact) mass is 498 g/mol. The Morgan fingerprint density at radius 1 is 0.667 bits per heavy atom. The molecule has 2 rings (SSSR count). The van der Waals surface area contributed by atoms with Crippen LogP contribution in [0.3, 0.4) is 0 Å². The standard InChI is InChI=1S/C24H34O7S2/c1-2-3-4-5-6-7-8-9-10-11-12-20-13-16-23(33(28,29)30)19-24(20)31-21-14-17-22(18-15-21)32(25,26)27/h13-19H,2-12H2,1H3,(H,25,26,27)(H,28,29,30). The minimum absolute atomic E-state index is 0.271. The van der Waals surface area contributed by atoms with Gasteiger partial charge in [-0.15, -0.1) is 0 Å². The number of benzene rings is 2. The number of ether oxygens (including phenoxy) is 1. The van der Waals surface area contributed by atoms with Crippen LogP contribution in [0.15, 0.2) is 52.3 Å². The van der Waals surface area contributed by atoms with Crippen LogP contribution >= 0.6 is 0 Å². The fourth-order valence-corrected chi connectivity index (χ4v) is 4.58. The van der Waals surface area contributed by atoms with Gasteiger partial charge in [-0.1, -0.05) is 70.8 Å². The first-order valence-electron chi connectivity index (χ1n) is 11.5. The lowest BCUT2D eigenvalue weighted by Gasteiger charge is -2.13. The highest BCUT2D eigenvalue weighted by Crippen LogP contribution is 2.30. The van der Waals surface area contributed by atoms with Gasteiger partial charge in [-0.05, 0) is 48.7 Å². The second kappa shape index (κ2) is 13.1. The summed E-state index contributed by atoms with van der Waals surface area (Å²) >= 11 is 0. The Morgan fingerprint density at radius 3 is 1.67 bits per heavy atom. The van der Waals surface area contributed by atoms with E-state index in [1.54, 1.807) is 6.07 Å². The average molecular weight is 499 g/mol. The van der Waals surface area contributed by atoms with Crippen molar-refractivity contribution in [2.75, 3.05) is 0 Å². The second-order valence-electron chi connectivity index (χ2n) is 8.23. The van der Waals surface area contributed by atoms with Crippen LogP contribution in [0.1, 0.15) is 76.7 Å². The summed E-state index contributed by atoms with van der Waals surface area (Å²) in [5.74, 6) is 0.555. The third-order valence-corrected chi connectivity index (χ3v) is 7.20. The lowest BCUT2D eigenvalue weighted by molar-refractivity contribution is 0.464. The van der Waals surface area contributed by atoms with E-state index < -0.39 is 20.2 Å². The Bertz CT molecular complexity index is 1080. The van der Waals surface area contributed by atoms with Crippen molar-refractivity contribution in [3.8, 4) is 11.5 Å². The van der Waals surface area contributed by atoms with E-state index in [9.17, 15) is 21.4 Å². The molecule has 7 nitrogen and oxygen atoms in total. The Labute approximate surface area is 197 Å². The minimum atomic E-state index is -4.40. The maximum Gasteiger partial charge on any atom is 0.294 e. The quantitative estimate of drug-likeness (QED) is 0.214. The molecule has 0 bridgehead atoms. The highest BCUT2D eigenvalue weighted by Gasteiger charge is 2.15. The number of aryl methyl sites for hydroxylation is 1. The summed E-state index contributed by atoms with van der Waals surface area (Å²) in [4.78, 5) is -0.550. The molecule has 0 aliphatic carbocycles. The molecule has 0 aliphatic heterocycles. The molecule has 0 amide bonds. The highest BCUT2D eigenvalue weighted by atomic mass is 32.2. The van der Waals surface area contributed by atoms with Gasteiger partial charge in [0.05, 0.1) is 9.79 Å². The van der Waals surface area contributed by atoms with Crippen LogP contribution in [-0.2, 0) is 26.7 Å². The molecule has 2 aromatic rings. The van der Waals surface area contributed by atoms with Crippen LogP contribution < -0.4 is 4.74 Å². The summed E-state index contributed by atoms with van der Waals surface area (Å²) in [5.41, 5.74) is 0.792. The molecule has 0 radical (unpaired) electrons. The van der Waals surface area contributed by atoms with Crippen molar-refractivity contribution in [2.24, 2.45) is 0 Å². The zero-order valence-corrected chi connectivity index (χ0v) is 20.7. The zero-order valence-electron chi connectivity index (χ0n) is 19.1. The number of hydrogen-bond acceptors (Lipinski definition) is 5. The predicted molar refractivity (Wildman–Crippen MR) is 128 cm³/mol. The van der Waals surface area contributed by atoms with Gasteiger partial charge in [0.25, 0.3) is 20.2 Å². The van der Waals surface area contributed by atoms with Crippen molar-refractivity contribution >= 4 is 20.2 Å². The normalized spacial score (nSPS) is 12.1. The topological polar surface area (TPSA) is 118 Å². The van der Waals surface area contributed by atoms with Crippen LogP contribution in [0.2, 0.25) is 0 Å². The first kappa shape index (κ1) is 27.3. The lowest BCUT2D eigenvalue weighted by Crippen LogP contribution is -2.01. The Morgan fingerprint density at radius 2 is 1.15 bits per heavy atom. The van der Waals surface area contributed by atoms with Crippen molar-refractivity contribution in [1.82, 2.24) is 0 Å². The number of hydrogen-bond donors (Lipinski definition) is 2. The molecule has 0 fully saturated rings. The highest BCUT2D eigenvalue weighted by molar-refractivity contribution is 7.86. The van der Waals surface area contributed by atoms with E-state index >= 15 is 0 Å². The van der Waals surface area contributed by atoms with E-state index in [0.29, 0.717) is 6.42 Å². The van der Waals surface area contributed by atoms with E-state index in [4.69, 9.17) is 9.29 Å². The van der Waals surface area contributed by atoms with Gasteiger partial charge in [-0.25, -0.2) is 0 Å². The SMILES string of the molecule is CCCCCCCCCCCCc1ccc(S(=O)(=O)O)cc1Oc1ccc(S(=O)(=O)O)cc1. The maximum absolute atomic E-state index is 11.6. The molecule has 9 heteroatoms. The smallest absolute Gasteiger partial charge is 0.294 e. The molecule has 0 heterocycles. The second-order valence-corrected chi connectivity index (χ2v) is 11.1. The van der Waals surface area contributed by atoms with Crippen molar-refractivity contribution in [1.29, 1.82) is 0 Å². The van der Waals surface area contributed by atoms with Gasteiger partial charge >= 0.3 is 0 Å². The summed E-state index contributed by atoms with van der Waals surface area (Å²) < 4.78 is 69.8. The van der Waals surface area contributed by atoms with Gasteiger partial charge in [0.1, 0.15) is 11.5 Å². The van der Waals surface area contributed by atoms with Gasteiger partial charge in [-0.3, -0.25) is 9.11 Å². The minimum Gasteiger partial charge on any atom is -0.457 e. The van der Waals surface area contributed by atoms with Crippen molar-refractivity contribution in [3.05, 3.63) is 48.0 Å². The van der Waals surface area contributed by atoms with E-state index in [0.717, 1.165) is 24.8 Å². The van der Waals surface area contributed by atoms with Gasteiger partial charge in [-0.2, -0.15) is 16.8 Å². The first-order chi connectivity index (χ1) is 15.6. The van der Waals surface area contributed by atoms with Crippen LogP contribution in [-0.4, -0.2) is 25.9 Å². The fraction of sp³-hybridized carbons (Fsp3) is 0.500. The molecule has 33 heavy (non-hydrogen) atoms. The third-order valence-electron chi connectivity index (χ3n) is 5.49. The molecule has 0 unspecified atom stereocenters. The molecule has 0 atom stereocenters. The number of rotatable bonds is 15. The zero-order chi connectivity index (χ0) is 24.3. The summed E-state index contributed by atoms with van der Waals surface area (Å²) in [5, 5.41) is 0. The van der Waals surface area contributed by atoms with Gasteiger partial charge in [0, 0.05) is 6.07 Å². The third kappa shape index (κ3) is 9.83. The summed E-state index contributed by atoms with van der Waals surface area (Å²) in [6.45, 7) is 2.21. The Kier molecular flexibility index (Phi) is 10.8. The number of unbranched alkanes of at least 4 members (excludes halogenated alkanes) is 9. The molecular formula is C24H34O7S2. The first-order valence-corrected chi connectivity index (χ1v) is 14.3. The Balaban J connectivity index is 1.97. The van der Waals surface area contributed by atoms with Crippen molar-refractivity contribution in [2.45, 2.75) is 87.3 Å². The molecule has 0 saturated carbocycles. The molecule has 0 spiro atoms. The molecule has 184 valence electrons. The summed E-state index contributed by atoms with van der Waals surface area (Å²) in [7, 11) is -8.72. The van der Waals surface area contributed by atoms with Crippen LogP contribution in [0.5, 0.6) is 11.5 Å². The van der Waals surface area contributed by atoms with Crippen molar-refractivity contribution in [3.63, 3.8) is 0 Å². The molecular weight excluding hydrogens is 464 g/mol. The molecule has 2 N–H and O–H groups in total. The van der Waals surface area contributed by atoms with Gasteiger partial charge < -0.3 is 4.74 Å². The Hall–Kier alpha value is -1.94. The average Bonchev–Trinajstić information content (AvgIpc) is 2.75. The maximum atomic E-state index is 11.6. The fourth-order valence-electron chi connectivity index (χ4n) is 3.61. The lowest BCUT2D eigenvalue weighted by atomic mass is 10.0. The summed E-state index contributed by atoms with van der Waals surface area (Å²) in [6.07, 6.45) is 12.7. The largest absolute Gasteiger partial charge is 0.457 e. The molecule has 0 saturated heterocycles. The molecule has 2 aromatic carbocycles. The summed E-state index contributed by atoms with van der Waals surface area (Å²) in [6, 6.07) is 9.35. The van der Waals surface area contributed by atoms with Gasteiger partial charge in [0.15, 0.2) is 0 Å². The van der Waals surface area contributed by atoms with Crippen molar-refractivity contribution < 1.29 is 30.7 Å².